The maximum absolute atomic E-state index is 12.7. The summed E-state index contributed by atoms with van der Waals surface area (Å²) in [7, 11) is 0. The van der Waals surface area contributed by atoms with Crippen molar-refractivity contribution in [1.29, 1.82) is 0 Å². The van der Waals surface area contributed by atoms with Gasteiger partial charge in [0.1, 0.15) is 0 Å². The predicted molar refractivity (Wildman–Crippen MR) is 80.8 cm³/mol. The fraction of sp³-hybridized carbons (Fsp3) is 0.765. The van der Waals surface area contributed by atoms with Crippen LogP contribution in [0.1, 0.15) is 45.4 Å². The summed E-state index contributed by atoms with van der Waals surface area (Å²) in [5.74, 6) is 0.227. The van der Waals surface area contributed by atoms with Crippen molar-refractivity contribution < 1.29 is 19.4 Å². The molecule has 3 atom stereocenters. The Labute approximate surface area is 131 Å². The van der Waals surface area contributed by atoms with Crippen LogP contribution < -0.4 is 5.32 Å². The first-order chi connectivity index (χ1) is 10.4. The first kappa shape index (κ1) is 15.5. The lowest BCUT2D eigenvalue weighted by atomic mass is 9.48. The van der Waals surface area contributed by atoms with Crippen LogP contribution in [0.25, 0.3) is 0 Å². The van der Waals surface area contributed by atoms with Crippen LogP contribution in [0.3, 0.4) is 0 Å². The van der Waals surface area contributed by atoms with Gasteiger partial charge in [-0.1, -0.05) is 6.08 Å². The number of ether oxygens (including phenoxy) is 1. The van der Waals surface area contributed by atoms with Crippen molar-refractivity contribution >= 4 is 11.9 Å². The Kier molecular flexibility index (Phi) is 3.79. The van der Waals surface area contributed by atoms with Crippen LogP contribution in [0.15, 0.2) is 12.7 Å². The van der Waals surface area contributed by atoms with Gasteiger partial charge in [-0.25, -0.2) is 0 Å². The van der Waals surface area contributed by atoms with Crippen LogP contribution in [0.2, 0.25) is 0 Å². The van der Waals surface area contributed by atoms with Gasteiger partial charge in [0.2, 0.25) is 0 Å². The van der Waals surface area contributed by atoms with E-state index in [0.717, 1.165) is 32.1 Å². The molecular weight excluding hydrogens is 282 g/mol. The van der Waals surface area contributed by atoms with Crippen LogP contribution in [0.5, 0.6) is 0 Å². The van der Waals surface area contributed by atoms with Crippen molar-refractivity contribution in [2.24, 2.45) is 17.3 Å². The lowest BCUT2D eigenvalue weighted by Crippen LogP contribution is -2.59. The third kappa shape index (κ3) is 2.67. The molecule has 2 N–H and O–H groups in total. The molecule has 5 nitrogen and oxygen atoms in total. The zero-order valence-corrected chi connectivity index (χ0v) is 13.1. The molecule has 4 aliphatic carbocycles. The van der Waals surface area contributed by atoms with Crippen LogP contribution in [-0.2, 0) is 14.3 Å². The lowest BCUT2D eigenvalue weighted by molar-refractivity contribution is -0.199. The van der Waals surface area contributed by atoms with E-state index in [1.165, 1.54) is 0 Å². The number of carbonyl (C=O) groups excluding carboxylic acids is 2. The molecule has 0 radical (unpaired) electrons. The molecule has 0 heterocycles. The van der Waals surface area contributed by atoms with Gasteiger partial charge in [0.25, 0.3) is 5.91 Å². The molecule has 4 aliphatic rings. The van der Waals surface area contributed by atoms with Crippen LogP contribution in [0.4, 0.5) is 0 Å². The fourth-order valence-corrected chi connectivity index (χ4v) is 5.11. The van der Waals surface area contributed by atoms with E-state index in [2.05, 4.69) is 11.9 Å². The van der Waals surface area contributed by atoms with Gasteiger partial charge in [-0.05, 0) is 57.3 Å². The lowest BCUT2D eigenvalue weighted by Gasteiger charge is -2.58. The largest absolute Gasteiger partial charge is 0.452 e. The monoisotopic (exact) mass is 307 g/mol. The highest BCUT2D eigenvalue weighted by molar-refractivity contribution is 5.85. The molecule has 0 aromatic rings. The van der Waals surface area contributed by atoms with Crippen molar-refractivity contribution in [2.45, 2.75) is 57.2 Å². The smallest absolute Gasteiger partial charge is 0.312 e. The minimum Gasteiger partial charge on any atom is -0.452 e. The van der Waals surface area contributed by atoms with E-state index in [4.69, 9.17) is 4.74 Å². The zero-order valence-electron chi connectivity index (χ0n) is 13.1. The van der Waals surface area contributed by atoms with Crippen molar-refractivity contribution in [3.8, 4) is 0 Å². The molecule has 0 saturated heterocycles. The molecule has 5 heteroatoms. The highest BCUT2D eigenvalue weighted by atomic mass is 16.5. The average Bonchev–Trinajstić information content (AvgIpc) is 2.41. The summed E-state index contributed by atoms with van der Waals surface area (Å²) in [5, 5.41) is 13.3. The number of aliphatic hydroxyl groups is 1. The van der Waals surface area contributed by atoms with Crippen molar-refractivity contribution in [3.63, 3.8) is 0 Å². The van der Waals surface area contributed by atoms with E-state index in [9.17, 15) is 14.7 Å². The molecule has 4 bridgehead atoms. The Morgan fingerprint density at radius 2 is 2.00 bits per heavy atom. The van der Waals surface area contributed by atoms with Gasteiger partial charge in [0.15, 0.2) is 6.10 Å². The molecule has 4 saturated carbocycles. The third-order valence-corrected chi connectivity index (χ3v) is 5.54. The molecule has 22 heavy (non-hydrogen) atoms. The molecular formula is C17H25NO4. The Hall–Kier alpha value is -1.36. The first-order valence-corrected chi connectivity index (χ1v) is 8.18. The summed E-state index contributed by atoms with van der Waals surface area (Å²) in [4.78, 5) is 24.5. The Balaban J connectivity index is 1.67. The van der Waals surface area contributed by atoms with E-state index in [-0.39, 0.29) is 11.9 Å². The predicted octanol–water partition coefficient (Wildman–Crippen LogP) is 1.55. The molecule has 0 aromatic heterocycles. The van der Waals surface area contributed by atoms with Gasteiger partial charge in [-0.2, -0.15) is 0 Å². The number of rotatable bonds is 5. The van der Waals surface area contributed by atoms with Gasteiger partial charge in [0, 0.05) is 6.54 Å². The highest BCUT2D eigenvalue weighted by Gasteiger charge is 2.61. The average molecular weight is 307 g/mol. The summed E-state index contributed by atoms with van der Waals surface area (Å²) >= 11 is 0. The Morgan fingerprint density at radius 3 is 2.55 bits per heavy atom. The zero-order chi connectivity index (χ0) is 16.0. The van der Waals surface area contributed by atoms with Crippen LogP contribution >= 0.6 is 0 Å². The van der Waals surface area contributed by atoms with Crippen molar-refractivity contribution in [3.05, 3.63) is 12.7 Å². The molecule has 0 spiro atoms. The molecule has 122 valence electrons. The molecule has 0 unspecified atom stereocenters. The van der Waals surface area contributed by atoms with Gasteiger partial charge in [-0.15, -0.1) is 6.58 Å². The number of hydrogen-bond acceptors (Lipinski definition) is 4. The molecule has 1 amide bonds. The summed E-state index contributed by atoms with van der Waals surface area (Å²) in [6, 6.07) is 0. The van der Waals surface area contributed by atoms with E-state index < -0.39 is 17.1 Å². The Morgan fingerprint density at radius 1 is 1.36 bits per heavy atom. The van der Waals surface area contributed by atoms with Crippen molar-refractivity contribution in [1.82, 2.24) is 5.32 Å². The first-order valence-electron chi connectivity index (χ1n) is 8.18. The standard InChI is InChI=1S/C17H25NO4/c1-3-4-18-14(19)11(2)22-15(20)16-6-12-5-13(7-16)9-17(21,8-12)10-16/h3,11-13,21H,1,4-10H2,2H3,(H,18,19)/t11-,12+,13+,16?,17?/m0/s1. The minimum absolute atomic E-state index is 0.304. The second-order valence-electron chi connectivity index (χ2n) is 7.55. The summed E-state index contributed by atoms with van der Waals surface area (Å²) in [5.41, 5.74) is -1.27. The maximum Gasteiger partial charge on any atom is 0.312 e. The number of esters is 1. The van der Waals surface area contributed by atoms with Crippen molar-refractivity contribution in [2.75, 3.05) is 6.54 Å². The van der Waals surface area contributed by atoms with Gasteiger partial charge in [-0.3, -0.25) is 9.59 Å². The molecule has 4 fully saturated rings. The fourth-order valence-electron chi connectivity index (χ4n) is 5.11. The van der Waals surface area contributed by atoms with E-state index in [1.54, 1.807) is 13.0 Å². The van der Waals surface area contributed by atoms with E-state index in [1.807, 2.05) is 0 Å². The second kappa shape index (κ2) is 5.37. The number of hydrogen-bond donors (Lipinski definition) is 2. The minimum atomic E-state index is -0.810. The number of carbonyl (C=O) groups is 2. The SMILES string of the molecule is C=CCNC(=O)[C@H](C)OC(=O)C12C[C@H]3C[C@@H](CC(O)(C3)C1)C2. The van der Waals surface area contributed by atoms with Gasteiger partial charge < -0.3 is 15.2 Å². The number of amides is 1. The highest BCUT2D eigenvalue weighted by Crippen LogP contribution is 2.62. The summed E-state index contributed by atoms with van der Waals surface area (Å²) < 4.78 is 5.44. The van der Waals surface area contributed by atoms with Crippen LogP contribution in [0, 0.1) is 17.3 Å². The molecule has 0 aliphatic heterocycles. The normalized spacial score (nSPS) is 40.1. The topological polar surface area (TPSA) is 75.6 Å². The molecule has 0 aromatic carbocycles. The molecule has 4 rings (SSSR count). The van der Waals surface area contributed by atoms with E-state index >= 15 is 0 Å². The quantitative estimate of drug-likeness (QED) is 0.597. The summed E-state index contributed by atoms with van der Waals surface area (Å²) in [6.07, 6.45) is 5.61. The number of nitrogens with one attached hydrogen (secondary N) is 1. The Bertz CT molecular complexity index is 487. The van der Waals surface area contributed by atoms with Crippen LogP contribution in [-0.4, -0.2) is 35.2 Å². The van der Waals surface area contributed by atoms with Gasteiger partial charge >= 0.3 is 5.97 Å². The van der Waals surface area contributed by atoms with Gasteiger partial charge in [0.05, 0.1) is 11.0 Å². The maximum atomic E-state index is 12.7. The summed E-state index contributed by atoms with van der Waals surface area (Å²) in [6.45, 7) is 5.48. The third-order valence-electron chi connectivity index (χ3n) is 5.54. The second-order valence-corrected chi connectivity index (χ2v) is 7.55. The van der Waals surface area contributed by atoms with E-state index in [0.29, 0.717) is 24.8 Å².